The lowest BCUT2D eigenvalue weighted by atomic mass is 10.2. The van der Waals surface area contributed by atoms with Gasteiger partial charge in [0.25, 0.3) is 0 Å². The van der Waals surface area contributed by atoms with Crippen LogP contribution in [0.25, 0.3) is 6.08 Å². The largest absolute Gasteiger partial charge is 0.0870 e. The number of allylic oxidation sites excluding steroid dienone is 1. The van der Waals surface area contributed by atoms with Gasteiger partial charge in [-0.05, 0) is 23.8 Å². The van der Waals surface area contributed by atoms with Crippen LogP contribution in [-0.4, -0.2) is 5.33 Å². The molecule has 0 saturated heterocycles. The van der Waals surface area contributed by atoms with Crippen LogP contribution in [0.3, 0.4) is 0 Å². The van der Waals surface area contributed by atoms with E-state index in [1.54, 1.807) is 0 Å². The lowest BCUT2D eigenvalue weighted by Crippen LogP contribution is -1.74. The van der Waals surface area contributed by atoms with Gasteiger partial charge in [-0.1, -0.05) is 55.6 Å². The highest BCUT2D eigenvalue weighted by atomic mass is 79.9. The molecule has 0 fully saturated rings. The maximum atomic E-state index is 5.74. The minimum Gasteiger partial charge on any atom is -0.0870 e. The van der Waals surface area contributed by atoms with Crippen molar-refractivity contribution in [1.29, 1.82) is 0 Å². The quantitative estimate of drug-likeness (QED) is 0.707. The predicted octanol–water partition coefficient (Wildman–Crippen LogP) is 4.47. The molecular weight excluding hydrogens is 303 g/mol. The van der Waals surface area contributed by atoms with Crippen LogP contribution in [0.15, 0.2) is 28.7 Å². The Morgan fingerprint density at radius 2 is 1.92 bits per heavy atom. The summed E-state index contributed by atoms with van der Waals surface area (Å²) in [7, 11) is 0. The molecule has 0 saturated carbocycles. The molecule has 0 aliphatic rings. The third-order valence-corrected chi connectivity index (χ3v) is 3.44. The van der Waals surface area contributed by atoms with Crippen LogP contribution in [0.1, 0.15) is 5.56 Å². The summed E-state index contributed by atoms with van der Waals surface area (Å²) in [5.41, 5.74) is 1.14. The van der Waals surface area contributed by atoms with Crippen LogP contribution in [0.5, 0.6) is 0 Å². The van der Waals surface area contributed by atoms with Crippen molar-refractivity contribution < 1.29 is 0 Å². The average Bonchev–Trinajstić information content (AvgIpc) is 2.09. The number of benzene rings is 1. The van der Waals surface area contributed by atoms with E-state index in [4.69, 9.17) is 11.6 Å². The number of alkyl halides is 1. The van der Waals surface area contributed by atoms with Crippen LogP contribution in [-0.2, 0) is 0 Å². The Morgan fingerprint density at radius 3 is 2.42 bits per heavy atom. The summed E-state index contributed by atoms with van der Waals surface area (Å²) in [6.07, 6.45) is 2.05. The smallest absolute Gasteiger partial charge is 0.0406 e. The molecule has 3 heteroatoms. The fourth-order valence-corrected chi connectivity index (χ4v) is 1.33. The number of hydrogen-bond donors (Lipinski definition) is 0. The highest BCUT2D eigenvalue weighted by Gasteiger charge is 1.91. The summed E-state index contributed by atoms with van der Waals surface area (Å²) >= 11 is 12.5. The second-order valence-corrected chi connectivity index (χ2v) is 4.29. The molecular formula is C9H7Br2Cl. The summed E-state index contributed by atoms with van der Waals surface area (Å²) in [6.45, 7) is 0. The van der Waals surface area contributed by atoms with Gasteiger partial charge in [0, 0.05) is 14.8 Å². The second-order valence-electron chi connectivity index (χ2n) is 2.28. The van der Waals surface area contributed by atoms with Gasteiger partial charge in [0.15, 0.2) is 0 Å². The van der Waals surface area contributed by atoms with Gasteiger partial charge in [0.2, 0.25) is 0 Å². The monoisotopic (exact) mass is 308 g/mol. The molecule has 0 heterocycles. The molecule has 64 valence electrons. The Balaban J connectivity index is 2.84. The van der Waals surface area contributed by atoms with E-state index in [1.165, 1.54) is 0 Å². The van der Waals surface area contributed by atoms with Crippen molar-refractivity contribution in [2.45, 2.75) is 0 Å². The van der Waals surface area contributed by atoms with E-state index < -0.39 is 0 Å². The van der Waals surface area contributed by atoms with Crippen LogP contribution in [0, 0.1) is 0 Å². The molecule has 0 spiro atoms. The predicted molar refractivity (Wildman–Crippen MR) is 62.2 cm³/mol. The first-order valence-electron chi connectivity index (χ1n) is 3.40. The second kappa shape index (κ2) is 5.05. The van der Waals surface area contributed by atoms with Gasteiger partial charge in [0.05, 0.1) is 0 Å². The topological polar surface area (TPSA) is 0 Å². The van der Waals surface area contributed by atoms with E-state index in [-0.39, 0.29) is 0 Å². The maximum absolute atomic E-state index is 5.74. The molecule has 0 aliphatic heterocycles. The van der Waals surface area contributed by atoms with Crippen LogP contribution >= 0.6 is 43.5 Å². The van der Waals surface area contributed by atoms with Gasteiger partial charge < -0.3 is 0 Å². The van der Waals surface area contributed by atoms with Crippen molar-refractivity contribution >= 4 is 49.5 Å². The van der Waals surface area contributed by atoms with Crippen molar-refractivity contribution in [3.8, 4) is 0 Å². The SMILES string of the molecule is Clc1ccc(/C=C(/Br)CBr)cc1. The maximum Gasteiger partial charge on any atom is 0.0406 e. The number of hydrogen-bond acceptors (Lipinski definition) is 0. The van der Waals surface area contributed by atoms with Gasteiger partial charge >= 0.3 is 0 Å². The van der Waals surface area contributed by atoms with Crippen LogP contribution < -0.4 is 0 Å². The normalized spacial score (nSPS) is 11.8. The van der Waals surface area contributed by atoms with Gasteiger partial charge in [-0.25, -0.2) is 0 Å². The van der Waals surface area contributed by atoms with Crippen molar-refractivity contribution in [1.82, 2.24) is 0 Å². The lowest BCUT2D eigenvalue weighted by molar-refractivity contribution is 1.64. The first-order chi connectivity index (χ1) is 5.72. The van der Waals surface area contributed by atoms with E-state index in [0.717, 1.165) is 20.4 Å². The van der Waals surface area contributed by atoms with Crippen LogP contribution in [0.4, 0.5) is 0 Å². The zero-order valence-corrected chi connectivity index (χ0v) is 10.2. The zero-order valence-electron chi connectivity index (χ0n) is 6.23. The minimum atomic E-state index is 0.766. The molecule has 0 aliphatic carbocycles. The minimum absolute atomic E-state index is 0.766. The molecule has 1 aromatic rings. The van der Waals surface area contributed by atoms with Crippen molar-refractivity contribution in [3.63, 3.8) is 0 Å². The van der Waals surface area contributed by atoms with E-state index in [2.05, 4.69) is 31.9 Å². The molecule has 0 bridgehead atoms. The first kappa shape index (κ1) is 10.3. The Labute approximate surface area is 93.9 Å². The highest BCUT2D eigenvalue weighted by molar-refractivity contribution is 9.13. The highest BCUT2D eigenvalue weighted by Crippen LogP contribution is 2.16. The zero-order chi connectivity index (χ0) is 8.97. The van der Waals surface area contributed by atoms with E-state index in [9.17, 15) is 0 Å². The van der Waals surface area contributed by atoms with Gasteiger partial charge in [-0.3, -0.25) is 0 Å². The fourth-order valence-electron chi connectivity index (χ4n) is 0.778. The summed E-state index contributed by atoms with van der Waals surface area (Å²) in [5, 5.41) is 1.59. The number of halogens is 3. The number of rotatable bonds is 2. The molecule has 12 heavy (non-hydrogen) atoms. The van der Waals surface area contributed by atoms with Gasteiger partial charge in [0.1, 0.15) is 0 Å². The van der Waals surface area contributed by atoms with E-state index >= 15 is 0 Å². The summed E-state index contributed by atoms with van der Waals surface area (Å²) in [5.74, 6) is 0. The molecule has 0 N–H and O–H groups in total. The molecule has 0 unspecified atom stereocenters. The van der Waals surface area contributed by atoms with Crippen molar-refractivity contribution in [2.75, 3.05) is 5.33 Å². The van der Waals surface area contributed by atoms with Crippen molar-refractivity contribution in [3.05, 3.63) is 39.3 Å². The molecule has 0 amide bonds. The summed E-state index contributed by atoms with van der Waals surface area (Å²) in [4.78, 5) is 0. The lowest BCUT2D eigenvalue weighted by Gasteiger charge is -1.94. The average molecular weight is 310 g/mol. The Hall–Kier alpha value is 0.210. The molecule has 0 nitrogen and oxygen atoms in total. The Bertz CT molecular complexity index is 277. The summed E-state index contributed by atoms with van der Waals surface area (Å²) in [6, 6.07) is 7.71. The standard InChI is InChI=1S/C9H7Br2Cl/c10-6-8(11)5-7-1-3-9(12)4-2-7/h1-5H,6H2/b8-5+. The fraction of sp³-hybridized carbons (Fsp3) is 0.111. The molecule has 0 aromatic heterocycles. The molecule has 0 radical (unpaired) electrons. The third kappa shape index (κ3) is 3.30. The Kier molecular flexibility index (Phi) is 4.33. The first-order valence-corrected chi connectivity index (χ1v) is 5.69. The van der Waals surface area contributed by atoms with E-state index in [1.807, 2.05) is 30.3 Å². The van der Waals surface area contributed by atoms with Gasteiger partial charge in [-0.15, -0.1) is 0 Å². The Morgan fingerprint density at radius 1 is 1.33 bits per heavy atom. The van der Waals surface area contributed by atoms with Gasteiger partial charge in [-0.2, -0.15) is 0 Å². The third-order valence-electron chi connectivity index (χ3n) is 1.32. The van der Waals surface area contributed by atoms with Crippen molar-refractivity contribution in [2.24, 2.45) is 0 Å². The molecule has 0 atom stereocenters. The summed E-state index contributed by atoms with van der Waals surface area (Å²) < 4.78 is 1.12. The molecule has 1 aromatic carbocycles. The van der Waals surface area contributed by atoms with Crippen LogP contribution in [0.2, 0.25) is 5.02 Å². The molecule has 1 rings (SSSR count). The van der Waals surface area contributed by atoms with E-state index in [0.29, 0.717) is 0 Å².